The van der Waals surface area contributed by atoms with Gasteiger partial charge in [-0.05, 0) is 42.8 Å². The quantitative estimate of drug-likeness (QED) is 0.506. The molecule has 28 heavy (non-hydrogen) atoms. The van der Waals surface area contributed by atoms with Crippen LogP contribution in [0.4, 0.5) is 13.2 Å². The molecule has 0 saturated heterocycles. The molecule has 2 aromatic carbocycles. The molecule has 1 atom stereocenters. The fraction of sp³-hybridized carbons (Fsp3) is 0.143. The number of carboxylic acid groups (broad SMARTS) is 1. The summed E-state index contributed by atoms with van der Waals surface area (Å²) in [5.41, 5.74) is 3.55. The van der Waals surface area contributed by atoms with Gasteiger partial charge in [0.25, 0.3) is 0 Å². The summed E-state index contributed by atoms with van der Waals surface area (Å²) >= 11 is 0. The molecule has 0 bridgehead atoms. The lowest BCUT2D eigenvalue weighted by atomic mass is 9.98. The van der Waals surface area contributed by atoms with Crippen LogP contribution >= 0.6 is 0 Å². The number of carbonyl (C=O) groups is 1. The van der Waals surface area contributed by atoms with Crippen molar-refractivity contribution in [2.24, 2.45) is 0 Å². The monoisotopic (exact) mass is 384 g/mol. The number of halogens is 3. The largest absolute Gasteiger partial charge is 0.478 e. The summed E-state index contributed by atoms with van der Waals surface area (Å²) in [5, 5.41) is 9.23. The Morgan fingerprint density at radius 3 is 2.43 bits per heavy atom. The fourth-order valence-electron chi connectivity index (χ4n) is 3.24. The number of hydrogen-bond donors (Lipinski definition) is 1. The van der Waals surface area contributed by atoms with Crippen LogP contribution in [-0.2, 0) is 0 Å². The van der Waals surface area contributed by atoms with Gasteiger partial charge in [-0.3, -0.25) is 0 Å². The van der Waals surface area contributed by atoms with Crippen molar-refractivity contribution in [1.82, 2.24) is 9.38 Å². The van der Waals surface area contributed by atoms with Gasteiger partial charge in [0.1, 0.15) is 0 Å². The van der Waals surface area contributed by atoms with Crippen molar-refractivity contribution in [1.29, 1.82) is 0 Å². The molecule has 4 nitrogen and oxygen atoms in total. The second-order valence-electron chi connectivity index (χ2n) is 6.62. The minimum atomic E-state index is -4.30. The van der Waals surface area contributed by atoms with Gasteiger partial charge in [-0.1, -0.05) is 24.3 Å². The summed E-state index contributed by atoms with van der Waals surface area (Å²) in [6.45, 7) is 1.13. The van der Waals surface area contributed by atoms with Crippen LogP contribution in [0.1, 0.15) is 28.8 Å². The van der Waals surface area contributed by atoms with E-state index in [-0.39, 0.29) is 11.1 Å². The Morgan fingerprint density at radius 2 is 1.79 bits per heavy atom. The minimum Gasteiger partial charge on any atom is -0.478 e. The van der Waals surface area contributed by atoms with Gasteiger partial charge in [0.15, 0.2) is 0 Å². The van der Waals surface area contributed by atoms with Crippen molar-refractivity contribution in [3.63, 3.8) is 0 Å². The maximum absolute atomic E-state index is 12.9. The smallest absolute Gasteiger partial charge is 0.395 e. The van der Waals surface area contributed by atoms with Gasteiger partial charge < -0.3 is 9.51 Å². The molecule has 0 spiro atoms. The van der Waals surface area contributed by atoms with Crippen LogP contribution in [0, 0.1) is 0 Å². The lowest BCUT2D eigenvalue weighted by molar-refractivity contribution is -0.146. The third-order valence-electron chi connectivity index (χ3n) is 4.88. The second-order valence-corrected chi connectivity index (χ2v) is 6.62. The number of carboxylic acids is 1. The molecule has 4 rings (SSSR count). The van der Waals surface area contributed by atoms with Crippen molar-refractivity contribution in [3.05, 3.63) is 71.9 Å². The first-order valence-corrected chi connectivity index (χ1v) is 8.57. The number of rotatable bonds is 3. The molecule has 0 aliphatic heterocycles. The highest BCUT2D eigenvalue weighted by Gasteiger charge is 2.36. The molecule has 1 N–H and O–H groups in total. The number of benzene rings is 2. The van der Waals surface area contributed by atoms with E-state index in [9.17, 15) is 23.1 Å². The zero-order valence-electron chi connectivity index (χ0n) is 14.7. The van der Waals surface area contributed by atoms with Gasteiger partial charge in [0, 0.05) is 11.8 Å². The number of alkyl halides is 3. The van der Waals surface area contributed by atoms with Crippen LogP contribution in [0.3, 0.4) is 0 Å². The van der Waals surface area contributed by atoms with Crippen molar-refractivity contribution in [2.45, 2.75) is 19.0 Å². The fourth-order valence-corrected chi connectivity index (χ4v) is 3.24. The van der Waals surface area contributed by atoms with Gasteiger partial charge >= 0.3 is 12.1 Å². The summed E-state index contributed by atoms with van der Waals surface area (Å²) in [6, 6.07) is 14.5. The summed E-state index contributed by atoms with van der Waals surface area (Å²) in [5.74, 6) is -2.61. The SMILES string of the molecule is CC(c1ccc(-c2nc3cc(C(=O)O)ccc3n3cccc23)cc1)C(F)(F)F. The molecular weight excluding hydrogens is 369 g/mol. The summed E-state index contributed by atoms with van der Waals surface area (Å²) < 4.78 is 40.7. The van der Waals surface area contributed by atoms with E-state index < -0.39 is 18.1 Å². The van der Waals surface area contributed by atoms with E-state index in [0.29, 0.717) is 16.8 Å². The Balaban J connectivity index is 1.87. The van der Waals surface area contributed by atoms with Crippen molar-refractivity contribution < 1.29 is 23.1 Å². The highest BCUT2D eigenvalue weighted by molar-refractivity contribution is 5.94. The molecule has 1 unspecified atom stereocenters. The van der Waals surface area contributed by atoms with E-state index in [4.69, 9.17) is 0 Å². The Hall–Kier alpha value is -3.35. The van der Waals surface area contributed by atoms with Crippen LogP contribution < -0.4 is 0 Å². The average Bonchev–Trinajstić information content (AvgIpc) is 3.15. The van der Waals surface area contributed by atoms with E-state index in [1.807, 2.05) is 22.7 Å². The van der Waals surface area contributed by atoms with Crippen molar-refractivity contribution in [3.8, 4) is 11.3 Å². The first kappa shape index (κ1) is 18.0. The van der Waals surface area contributed by atoms with E-state index in [1.165, 1.54) is 24.3 Å². The van der Waals surface area contributed by atoms with E-state index >= 15 is 0 Å². The van der Waals surface area contributed by atoms with E-state index in [1.54, 1.807) is 18.2 Å². The number of fused-ring (bicyclic) bond motifs is 3. The topological polar surface area (TPSA) is 54.6 Å². The van der Waals surface area contributed by atoms with Crippen molar-refractivity contribution in [2.75, 3.05) is 0 Å². The van der Waals surface area contributed by atoms with Crippen molar-refractivity contribution >= 4 is 22.5 Å². The molecule has 142 valence electrons. The molecule has 2 heterocycles. The molecule has 0 radical (unpaired) electrons. The Bertz CT molecular complexity index is 1190. The van der Waals surface area contributed by atoms with Gasteiger partial charge in [-0.15, -0.1) is 0 Å². The number of hydrogen-bond acceptors (Lipinski definition) is 2. The molecule has 0 aliphatic carbocycles. The zero-order chi connectivity index (χ0) is 20.1. The number of aromatic carboxylic acids is 1. The molecule has 4 aromatic rings. The Kier molecular flexibility index (Phi) is 4.10. The summed E-state index contributed by atoms with van der Waals surface area (Å²) in [4.78, 5) is 15.9. The maximum Gasteiger partial charge on any atom is 0.395 e. The highest BCUT2D eigenvalue weighted by atomic mass is 19.4. The van der Waals surface area contributed by atoms with Gasteiger partial charge in [0.05, 0.1) is 33.7 Å². The average molecular weight is 384 g/mol. The lowest BCUT2D eigenvalue weighted by Gasteiger charge is -2.16. The second kappa shape index (κ2) is 6.37. The molecule has 7 heteroatoms. The predicted molar refractivity (Wildman–Crippen MR) is 99.6 cm³/mol. The number of nitrogens with zero attached hydrogens (tertiary/aromatic N) is 2. The van der Waals surface area contributed by atoms with Gasteiger partial charge in [-0.25, -0.2) is 9.78 Å². The highest BCUT2D eigenvalue weighted by Crippen LogP contribution is 2.35. The molecule has 0 amide bonds. The molecule has 0 aliphatic rings. The molecule has 0 fully saturated rings. The Labute approximate surface area is 157 Å². The van der Waals surface area contributed by atoms with Gasteiger partial charge in [-0.2, -0.15) is 13.2 Å². The zero-order valence-corrected chi connectivity index (χ0v) is 14.7. The normalized spacial score (nSPS) is 13.1. The van der Waals surface area contributed by atoms with Crippen LogP contribution in [0.2, 0.25) is 0 Å². The minimum absolute atomic E-state index is 0.117. The maximum atomic E-state index is 12.9. The predicted octanol–water partition coefficient (Wildman–Crippen LogP) is 5.52. The van der Waals surface area contributed by atoms with Crippen LogP contribution in [0.15, 0.2) is 60.8 Å². The summed E-state index contributed by atoms with van der Waals surface area (Å²) in [7, 11) is 0. The third-order valence-corrected chi connectivity index (χ3v) is 4.88. The first-order chi connectivity index (χ1) is 13.3. The number of aromatic nitrogens is 2. The molecule has 0 saturated carbocycles. The van der Waals surface area contributed by atoms with E-state index in [2.05, 4.69) is 4.98 Å². The lowest BCUT2D eigenvalue weighted by Crippen LogP contribution is -2.17. The van der Waals surface area contributed by atoms with E-state index in [0.717, 1.165) is 18.0 Å². The van der Waals surface area contributed by atoms with Gasteiger partial charge in [0.2, 0.25) is 0 Å². The standard InChI is InChI=1S/C21H15F3N2O2/c1-12(21(22,23)24)13-4-6-14(7-5-13)19-18-3-2-10-26(18)17-9-8-15(20(27)28)11-16(17)25-19/h2-12H,1H3,(H,27,28). The Morgan fingerprint density at radius 1 is 1.07 bits per heavy atom. The van der Waals surface area contributed by atoms with Crippen LogP contribution in [0.5, 0.6) is 0 Å². The van der Waals surface area contributed by atoms with Crippen LogP contribution in [0.25, 0.3) is 27.8 Å². The first-order valence-electron chi connectivity index (χ1n) is 8.57. The molecule has 2 aromatic heterocycles. The van der Waals surface area contributed by atoms with Crippen LogP contribution in [-0.4, -0.2) is 26.6 Å². The summed E-state index contributed by atoms with van der Waals surface area (Å²) in [6.07, 6.45) is -2.46. The third kappa shape index (κ3) is 2.98. The molecular formula is C21H15F3N2O2.